The largest absolute Gasteiger partial charge is 0.353 e. The summed E-state index contributed by atoms with van der Waals surface area (Å²) in [6.45, 7) is 9.95. The maximum absolute atomic E-state index is 12.0. The van der Waals surface area contributed by atoms with Crippen molar-refractivity contribution in [3.63, 3.8) is 0 Å². The summed E-state index contributed by atoms with van der Waals surface area (Å²) in [6.07, 6.45) is 2.55. The van der Waals surface area contributed by atoms with Crippen LogP contribution in [0.3, 0.4) is 0 Å². The van der Waals surface area contributed by atoms with Crippen molar-refractivity contribution < 1.29 is 4.79 Å². The van der Waals surface area contributed by atoms with Gasteiger partial charge in [0.15, 0.2) is 0 Å². The number of nitriles is 1. The summed E-state index contributed by atoms with van der Waals surface area (Å²) in [6, 6.07) is 2.20. The maximum Gasteiger partial charge on any atom is 0.240 e. The Morgan fingerprint density at radius 2 is 2.11 bits per heavy atom. The lowest BCUT2D eigenvalue weighted by Gasteiger charge is -2.39. The highest BCUT2D eigenvalue weighted by molar-refractivity contribution is 5.86. The van der Waals surface area contributed by atoms with Crippen LogP contribution in [0.25, 0.3) is 0 Å². The molecule has 1 saturated carbocycles. The van der Waals surface area contributed by atoms with Gasteiger partial charge in [-0.1, -0.05) is 20.8 Å². The minimum Gasteiger partial charge on any atom is -0.353 e. The Balaban J connectivity index is 2.31. The first-order valence-corrected chi connectivity index (χ1v) is 7.00. The van der Waals surface area contributed by atoms with Crippen LogP contribution in [0.2, 0.25) is 0 Å². The van der Waals surface area contributed by atoms with Gasteiger partial charge in [-0.3, -0.25) is 4.79 Å². The predicted octanol–water partition coefficient (Wildman–Crippen LogP) is 1.77. The molecule has 0 unspecified atom stereocenters. The Bertz CT molecular complexity index is 315. The van der Waals surface area contributed by atoms with Crippen molar-refractivity contribution in [1.29, 1.82) is 5.26 Å². The lowest BCUT2D eigenvalue weighted by Crippen LogP contribution is -2.49. The van der Waals surface area contributed by atoms with Crippen molar-refractivity contribution >= 4 is 5.91 Å². The number of carbonyl (C=O) groups excluding carboxylic acids is 1. The van der Waals surface area contributed by atoms with Crippen LogP contribution in [0.15, 0.2) is 0 Å². The Morgan fingerprint density at radius 1 is 1.44 bits per heavy atom. The average molecular weight is 251 g/mol. The fourth-order valence-electron chi connectivity index (χ4n) is 2.70. The van der Waals surface area contributed by atoms with Gasteiger partial charge in [-0.15, -0.1) is 0 Å². The van der Waals surface area contributed by atoms with Crippen LogP contribution in [0.5, 0.6) is 0 Å². The van der Waals surface area contributed by atoms with Crippen molar-refractivity contribution in [1.82, 2.24) is 10.2 Å². The molecule has 1 amide bonds. The molecule has 0 radical (unpaired) electrons. The van der Waals surface area contributed by atoms with Gasteiger partial charge in [0.1, 0.15) is 5.41 Å². The summed E-state index contributed by atoms with van der Waals surface area (Å²) in [5, 5.41) is 12.1. The third-order valence-electron chi connectivity index (χ3n) is 3.74. The minimum atomic E-state index is -0.735. The molecule has 0 aromatic heterocycles. The van der Waals surface area contributed by atoms with E-state index in [9.17, 15) is 4.79 Å². The Morgan fingerprint density at radius 3 is 2.56 bits per heavy atom. The second kappa shape index (κ2) is 6.75. The van der Waals surface area contributed by atoms with Gasteiger partial charge in [0.25, 0.3) is 0 Å². The molecule has 0 saturated heterocycles. The summed E-state index contributed by atoms with van der Waals surface area (Å²) in [5.74, 6) is 0.429. The number of hydrogen-bond acceptors (Lipinski definition) is 3. The molecule has 18 heavy (non-hydrogen) atoms. The van der Waals surface area contributed by atoms with E-state index >= 15 is 0 Å². The summed E-state index contributed by atoms with van der Waals surface area (Å²) in [4.78, 5) is 14.3. The fourth-order valence-corrected chi connectivity index (χ4v) is 2.70. The number of nitrogens with one attached hydrogen (secondary N) is 1. The molecule has 1 aliphatic rings. The van der Waals surface area contributed by atoms with Crippen molar-refractivity contribution in [3.8, 4) is 6.07 Å². The first-order valence-electron chi connectivity index (χ1n) is 7.00. The van der Waals surface area contributed by atoms with E-state index in [1.54, 1.807) is 0 Å². The molecule has 1 fully saturated rings. The molecule has 102 valence electrons. The standard InChI is InChI=1S/C14H25N3O/c1-4-7-17(5-2)8-6-16-13(18)14(11-15)9-12(3)10-14/h12H,4-10H2,1-3H3,(H,16,18). The summed E-state index contributed by atoms with van der Waals surface area (Å²) < 4.78 is 0. The number of likely N-dealkylation sites (N-methyl/N-ethyl adjacent to an activating group) is 1. The summed E-state index contributed by atoms with van der Waals surface area (Å²) in [5.41, 5.74) is -0.735. The van der Waals surface area contributed by atoms with Gasteiger partial charge >= 0.3 is 0 Å². The zero-order valence-corrected chi connectivity index (χ0v) is 11.8. The van der Waals surface area contributed by atoms with E-state index in [1.165, 1.54) is 0 Å². The van der Waals surface area contributed by atoms with Gasteiger partial charge in [0, 0.05) is 13.1 Å². The van der Waals surface area contributed by atoms with Gasteiger partial charge in [-0.25, -0.2) is 0 Å². The van der Waals surface area contributed by atoms with E-state index in [0.29, 0.717) is 25.3 Å². The van der Waals surface area contributed by atoms with Crippen LogP contribution in [0.4, 0.5) is 0 Å². The first-order chi connectivity index (χ1) is 8.57. The van der Waals surface area contributed by atoms with Gasteiger partial charge in [0.05, 0.1) is 6.07 Å². The third kappa shape index (κ3) is 3.46. The number of carbonyl (C=O) groups is 1. The highest BCUT2D eigenvalue weighted by Crippen LogP contribution is 2.44. The van der Waals surface area contributed by atoms with Gasteiger partial charge in [-0.2, -0.15) is 5.26 Å². The van der Waals surface area contributed by atoms with Crippen LogP contribution < -0.4 is 5.32 Å². The predicted molar refractivity (Wildman–Crippen MR) is 71.9 cm³/mol. The minimum absolute atomic E-state index is 0.0735. The van der Waals surface area contributed by atoms with E-state index in [4.69, 9.17) is 5.26 Å². The highest BCUT2D eigenvalue weighted by atomic mass is 16.2. The second-order valence-corrected chi connectivity index (χ2v) is 5.40. The quantitative estimate of drug-likeness (QED) is 0.750. The van der Waals surface area contributed by atoms with E-state index in [0.717, 1.165) is 26.1 Å². The van der Waals surface area contributed by atoms with Gasteiger partial charge in [-0.05, 0) is 38.3 Å². The SMILES string of the molecule is CCCN(CC)CCNC(=O)C1(C#N)CC(C)C1. The van der Waals surface area contributed by atoms with Crippen molar-refractivity contribution in [2.75, 3.05) is 26.2 Å². The molecule has 0 heterocycles. The zero-order valence-electron chi connectivity index (χ0n) is 11.8. The van der Waals surface area contributed by atoms with E-state index in [-0.39, 0.29) is 5.91 Å². The van der Waals surface area contributed by atoms with Crippen molar-refractivity contribution in [2.45, 2.75) is 40.0 Å². The number of amides is 1. The van der Waals surface area contributed by atoms with Crippen LogP contribution in [-0.4, -0.2) is 37.0 Å². The van der Waals surface area contributed by atoms with Gasteiger partial charge in [0.2, 0.25) is 5.91 Å². The average Bonchev–Trinajstić information content (AvgIpc) is 2.33. The molecule has 0 aliphatic heterocycles. The van der Waals surface area contributed by atoms with Crippen LogP contribution in [-0.2, 0) is 4.79 Å². The number of hydrogen-bond donors (Lipinski definition) is 1. The Hall–Kier alpha value is -1.08. The van der Waals surface area contributed by atoms with E-state index in [2.05, 4.69) is 37.1 Å². The normalized spacial score (nSPS) is 26.5. The monoisotopic (exact) mass is 251 g/mol. The van der Waals surface area contributed by atoms with Crippen molar-refractivity contribution in [3.05, 3.63) is 0 Å². The summed E-state index contributed by atoms with van der Waals surface area (Å²) >= 11 is 0. The van der Waals surface area contributed by atoms with E-state index < -0.39 is 5.41 Å². The molecule has 0 atom stereocenters. The molecule has 1 rings (SSSR count). The molecular formula is C14H25N3O. The molecule has 0 aromatic carbocycles. The topological polar surface area (TPSA) is 56.1 Å². The van der Waals surface area contributed by atoms with Crippen LogP contribution in [0, 0.1) is 22.7 Å². The second-order valence-electron chi connectivity index (χ2n) is 5.40. The smallest absolute Gasteiger partial charge is 0.240 e. The Labute approximate surface area is 110 Å². The lowest BCUT2D eigenvalue weighted by atomic mass is 9.63. The fraction of sp³-hybridized carbons (Fsp3) is 0.857. The number of rotatable bonds is 7. The molecule has 4 heteroatoms. The summed E-state index contributed by atoms with van der Waals surface area (Å²) in [7, 11) is 0. The Kier molecular flexibility index (Phi) is 5.61. The highest BCUT2D eigenvalue weighted by Gasteiger charge is 2.48. The zero-order chi connectivity index (χ0) is 13.6. The van der Waals surface area contributed by atoms with Crippen molar-refractivity contribution in [2.24, 2.45) is 11.3 Å². The molecule has 1 N–H and O–H groups in total. The molecule has 0 spiro atoms. The van der Waals surface area contributed by atoms with Crippen LogP contribution in [0.1, 0.15) is 40.0 Å². The lowest BCUT2D eigenvalue weighted by molar-refractivity contribution is -0.134. The van der Waals surface area contributed by atoms with E-state index in [1.807, 2.05) is 0 Å². The molecule has 1 aliphatic carbocycles. The van der Waals surface area contributed by atoms with Gasteiger partial charge < -0.3 is 10.2 Å². The maximum atomic E-state index is 12.0. The molecule has 4 nitrogen and oxygen atoms in total. The van der Waals surface area contributed by atoms with Crippen LogP contribution >= 0.6 is 0 Å². The third-order valence-corrected chi connectivity index (χ3v) is 3.74. The molecule has 0 bridgehead atoms. The molecular weight excluding hydrogens is 226 g/mol. The number of nitrogens with zero attached hydrogens (tertiary/aromatic N) is 2. The first kappa shape index (κ1) is 15.0. The molecule has 0 aromatic rings.